The first-order valence-corrected chi connectivity index (χ1v) is 9.53. The predicted octanol–water partition coefficient (Wildman–Crippen LogP) is -0.0398. The highest BCUT2D eigenvalue weighted by Crippen LogP contribution is 2.18. The predicted molar refractivity (Wildman–Crippen MR) is 96.4 cm³/mol. The van der Waals surface area contributed by atoms with E-state index in [1.165, 1.54) is 0 Å². The molecule has 3 rings (SSSR count). The third kappa shape index (κ3) is 5.54. The first-order valence-electron chi connectivity index (χ1n) is 9.53. The molecule has 0 bridgehead atoms. The SMILES string of the molecule is O=C(NCCn1ccnc1)[C@@H]1CCC(=O)N(CCCN2CCOCC2)C1. The number of ether oxygens (including phenoxy) is 1. The zero-order valence-corrected chi connectivity index (χ0v) is 15.3. The van der Waals surface area contributed by atoms with Gasteiger partial charge in [0.25, 0.3) is 0 Å². The second-order valence-corrected chi connectivity index (χ2v) is 6.97. The van der Waals surface area contributed by atoms with Crippen molar-refractivity contribution in [2.45, 2.75) is 25.8 Å². The molecule has 2 saturated heterocycles. The molecule has 2 aliphatic rings. The Hall–Kier alpha value is -1.93. The Labute approximate surface area is 154 Å². The number of likely N-dealkylation sites (tertiary alicyclic amines) is 1. The van der Waals surface area contributed by atoms with E-state index in [4.69, 9.17) is 4.74 Å². The number of hydrogen-bond acceptors (Lipinski definition) is 5. The molecular weight excluding hydrogens is 334 g/mol. The number of amides is 2. The van der Waals surface area contributed by atoms with Gasteiger partial charge in [0.05, 0.1) is 25.5 Å². The van der Waals surface area contributed by atoms with Crippen LogP contribution in [-0.2, 0) is 20.9 Å². The molecule has 0 unspecified atom stereocenters. The first-order chi connectivity index (χ1) is 12.7. The highest BCUT2D eigenvalue weighted by molar-refractivity contribution is 5.83. The van der Waals surface area contributed by atoms with E-state index >= 15 is 0 Å². The number of nitrogens with zero attached hydrogens (tertiary/aromatic N) is 4. The van der Waals surface area contributed by atoms with Gasteiger partial charge in [-0.1, -0.05) is 0 Å². The monoisotopic (exact) mass is 363 g/mol. The number of morpholine rings is 1. The summed E-state index contributed by atoms with van der Waals surface area (Å²) in [4.78, 5) is 32.8. The summed E-state index contributed by atoms with van der Waals surface area (Å²) in [6, 6.07) is 0. The zero-order chi connectivity index (χ0) is 18.2. The fourth-order valence-electron chi connectivity index (χ4n) is 3.53. The quantitative estimate of drug-likeness (QED) is 0.701. The van der Waals surface area contributed by atoms with Crippen LogP contribution in [0.1, 0.15) is 19.3 Å². The van der Waals surface area contributed by atoms with Crippen molar-refractivity contribution >= 4 is 11.8 Å². The maximum atomic E-state index is 12.4. The van der Waals surface area contributed by atoms with Crippen molar-refractivity contribution in [2.75, 3.05) is 52.5 Å². The second-order valence-electron chi connectivity index (χ2n) is 6.97. The average molecular weight is 363 g/mol. The van der Waals surface area contributed by atoms with Gasteiger partial charge in [-0.05, 0) is 12.8 Å². The van der Waals surface area contributed by atoms with Crippen LogP contribution in [0.15, 0.2) is 18.7 Å². The minimum Gasteiger partial charge on any atom is -0.379 e. The molecule has 0 saturated carbocycles. The normalized spacial score (nSPS) is 21.8. The van der Waals surface area contributed by atoms with Crippen molar-refractivity contribution in [3.05, 3.63) is 18.7 Å². The van der Waals surface area contributed by atoms with E-state index in [0.717, 1.165) is 45.8 Å². The Morgan fingerprint density at radius 2 is 2.12 bits per heavy atom. The van der Waals surface area contributed by atoms with Crippen molar-refractivity contribution < 1.29 is 14.3 Å². The van der Waals surface area contributed by atoms with Crippen LogP contribution in [0.4, 0.5) is 0 Å². The zero-order valence-electron chi connectivity index (χ0n) is 15.3. The largest absolute Gasteiger partial charge is 0.379 e. The average Bonchev–Trinajstić information content (AvgIpc) is 3.17. The Kier molecular flexibility index (Phi) is 7.02. The molecule has 1 aromatic rings. The second kappa shape index (κ2) is 9.68. The van der Waals surface area contributed by atoms with Gasteiger partial charge in [-0.25, -0.2) is 4.98 Å². The summed E-state index contributed by atoms with van der Waals surface area (Å²) in [5, 5.41) is 2.99. The molecule has 2 amide bonds. The van der Waals surface area contributed by atoms with E-state index < -0.39 is 0 Å². The van der Waals surface area contributed by atoms with Gasteiger partial charge in [0.15, 0.2) is 0 Å². The summed E-state index contributed by atoms with van der Waals surface area (Å²) in [5.74, 6) is 0.129. The third-order valence-electron chi connectivity index (χ3n) is 5.11. The van der Waals surface area contributed by atoms with E-state index in [-0.39, 0.29) is 17.7 Å². The fraction of sp³-hybridized carbons (Fsp3) is 0.722. The van der Waals surface area contributed by atoms with E-state index in [1.54, 1.807) is 12.5 Å². The third-order valence-corrected chi connectivity index (χ3v) is 5.11. The van der Waals surface area contributed by atoms with Crippen LogP contribution in [0.2, 0.25) is 0 Å². The van der Waals surface area contributed by atoms with Crippen LogP contribution < -0.4 is 5.32 Å². The van der Waals surface area contributed by atoms with Crippen molar-refractivity contribution in [2.24, 2.45) is 5.92 Å². The standard InChI is InChI=1S/C18H29N5O3/c24-17-3-2-16(18(25)20-5-9-22-8-4-19-15-22)14-23(17)7-1-6-21-10-12-26-13-11-21/h4,8,15-16H,1-3,5-7,9-14H2,(H,20,25)/t16-/m1/s1. The molecule has 0 radical (unpaired) electrons. The minimum atomic E-state index is -0.0983. The van der Waals surface area contributed by atoms with Gasteiger partial charge in [-0.2, -0.15) is 0 Å². The van der Waals surface area contributed by atoms with Gasteiger partial charge in [0.2, 0.25) is 11.8 Å². The summed E-state index contributed by atoms with van der Waals surface area (Å²) in [5.41, 5.74) is 0. The molecule has 0 spiro atoms. The Bertz CT molecular complexity index is 571. The topological polar surface area (TPSA) is 79.7 Å². The van der Waals surface area contributed by atoms with E-state index in [9.17, 15) is 9.59 Å². The number of carbonyl (C=O) groups excluding carboxylic acids is 2. The maximum Gasteiger partial charge on any atom is 0.224 e. The number of hydrogen-bond donors (Lipinski definition) is 1. The van der Waals surface area contributed by atoms with Crippen LogP contribution in [0.3, 0.4) is 0 Å². The van der Waals surface area contributed by atoms with Crippen LogP contribution >= 0.6 is 0 Å². The smallest absolute Gasteiger partial charge is 0.224 e. The van der Waals surface area contributed by atoms with Gasteiger partial charge in [-0.3, -0.25) is 14.5 Å². The van der Waals surface area contributed by atoms with Crippen LogP contribution in [-0.4, -0.2) is 83.6 Å². The van der Waals surface area contributed by atoms with E-state index in [0.29, 0.717) is 32.5 Å². The number of aromatic nitrogens is 2. The molecule has 2 fully saturated rings. The van der Waals surface area contributed by atoms with Gasteiger partial charge >= 0.3 is 0 Å². The van der Waals surface area contributed by atoms with Crippen LogP contribution in [0, 0.1) is 5.92 Å². The van der Waals surface area contributed by atoms with Gasteiger partial charge in [0, 0.05) is 64.6 Å². The highest BCUT2D eigenvalue weighted by Gasteiger charge is 2.29. The van der Waals surface area contributed by atoms with Crippen molar-refractivity contribution in [1.82, 2.24) is 24.7 Å². The molecule has 3 heterocycles. The Morgan fingerprint density at radius 1 is 1.27 bits per heavy atom. The number of nitrogens with one attached hydrogen (secondary N) is 1. The molecule has 144 valence electrons. The van der Waals surface area contributed by atoms with Crippen LogP contribution in [0.25, 0.3) is 0 Å². The maximum absolute atomic E-state index is 12.4. The van der Waals surface area contributed by atoms with E-state index in [2.05, 4.69) is 15.2 Å². The minimum absolute atomic E-state index is 0.0517. The number of imidazole rings is 1. The molecular formula is C18H29N5O3. The molecule has 1 atom stereocenters. The van der Waals surface area contributed by atoms with Crippen molar-refractivity contribution in [3.63, 3.8) is 0 Å². The molecule has 8 heteroatoms. The highest BCUT2D eigenvalue weighted by atomic mass is 16.5. The molecule has 2 aliphatic heterocycles. The molecule has 1 aromatic heterocycles. The van der Waals surface area contributed by atoms with E-state index in [1.807, 2.05) is 15.7 Å². The number of rotatable bonds is 8. The van der Waals surface area contributed by atoms with Gasteiger partial charge < -0.3 is 19.5 Å². The van der Waals surface area contributed by atoms with Crippen LogP contribution in [0.5, 0.6) is 0 Å². The lowest BCUT2D eigenvalue weighted by Gasteiger charge is -2.33. The summed E-state index contributed by atoms with van der Waals surface area (Å²) in [7, 11) is 0. The van der Waals surface area contributed by atoms with Gasteiger partial charge in [-0.15, -0.1) is 0 Å². The molecule has 0 aromatic carbocycles. The lowest BCUT2D eigenvalue weighted by atomic mass is 9.96. The summed E-state index contributed by atoms with van der Waals surface area (Å²) < 4.78 is 7.29. The summed E-state index contributed by atoms with van der Waals surface area (Å²) in [6.07, 6.45) is 7.40. The van der Waals surface area contributed by atoms with Crippen molar-refractivity contribution in [1.29, 1.82) is 0 Å². The van der Waals surface area contributed by atoms with Crippen molar-refractivity contribution in [3.8, 4) is 0 Å². The lowest BCUT2D eigenvalue weighted by molar-refractivity contribution is -0.138. The number of piperidine rings is 1. The fourth-order valence-corrected chi connectivity index (χ4v) is 3.53. The molecule has 1 N–H and O–H groups in total. The molecule has 0 aliphatic carbocycles. The lowest BCUT2D eigenvalue weighted by Crippen LogP contribution is -2.47. The Morgan fingerprint density at radius 3 is 2.88 bits per heavy atom. The number of carbonyl (C=O) groups is 2. The summed E-state index contributed by atoms with van der Waals surface area (Å²) in [6.45, 7) is 7.07. The molecule has 26 heavy (non-hydrogen) atoms. The van der Waals surface area contributed by atoms with Gasteiger partial charge in [0.1, 0.15) is 0 Å². The summed E-state index contributed by atoms with van der Waals surface area (Å²) >= 11 is 0. The first kappa shape index (κ1) is 18.8. The Balaban J connectivity index is 1.37. The molecule has 8 nitrogen and oxygen atoms in total.